The van der Waals surface area contributed by atoms with Gasteiger partial charge in [-0.25, -0.2) is 8.42 Å². The highest BCUT2D eigenvalue weighted by Gasteiger charge is 2.16. The first kappa shape index (κ1) is 17.0. The van der Waals surface area contributed by atoms with Gasteiger partial charge in [-0.1, -0.05) is 18.2 Å². The molecule has 0 saturated carbocycles. The average Bonchev–Trinajstić information content (AvgIpc) is 3.30. The van der Waals surface area contributed by atoms with Crippen LogP contribution in [0.3, 0.4) is 0 Å². The number of rotatable bonds is 7. The molecule has 0 unspecified atom stereocenters. The van der Waals surface area contributed by atoms with Gasteiger partial charge in [0.25, 0.3) is 0 Å². The Balaban J connectivity index is 1.50. The van der Waals surface area contributed by atoms with Gasteiger partial charge >= 0.3 is 0 Å². The highest BCUT2D eigenvalue weighted by atomic mass is 32.2. The Hall–Kier alpha value is -2.80. The molecule has 6 nitrogen and oxygen atoms in total. The number of amides is 1. The molecule has 0 atom stereocenters. The van der Waals surface area contributed by atoms with Gasteiger partial charge in [0, 0.05) is 6.42 Å². The molecule has 130 valence electrons. The van der Waals surface area contributed by atoms with Gasteiger partial charge in [0.1, 0.15) is 17.8 Å². The fourth-order valence-corrected chi connectivity index (χ4v) is 3.54. The van der Waals surface area contributed by atoms with Crippen LogP contribution in [0.5, 0.6) is 0 Å². The number of benzene rings is 1. The lowest BCUT2D eigenvalue weighted by molar-refractivity contribution is -0.120. The predicted octanol–water partition coefficient (Wildman–Crippen LogP) is 3.02. The third-order valence-corrected chi connectivity index (χ3v) is 5.36. The van der Waals surface area contributed by atoms with Crippen LogP contribution in [0.4, 0.5) is 0 Å². The number of carbonyl (C=O) groups excluding carboxylic acids is 1. The van der Waals surface area contributed by atoms with Crippen LogP contribution in [0.1, 0.15) is 12.2 Å². The van der Waals surface area contributed by atoms with Gasteiger partial charge in [0.2, 0.25) is 5.91 Å². The Morgan fingerprint density at radius 1 is 1.04 bits per heavy atom. The molecule has 0 fully saturated rings. The minimum absolute atomic E-state index is 0.105. The van der Waals surface area contributed by atoms with E-state index in [4.69, 9.17) is 8.83 Å². The van der Waals surface area contributed by atoms with Crippen LogP contribution in [-0.2, 0) is 21.2 Å². The van der Waals surface area contributed by atoms with E-state index >= 15 is 0 Å². The normalized spacial score (nSPS) is 11.4. The second kappa shape index (κ2) is 7.40. The summed E-state index contributed by atoms with van der Waals surface area (Å²) < 4.78 is 34.9. The molecule has 0 aliphatic carbocycles. The highest BCUT2D eigenvalue weighted by molar-refractivity contribution is 7.91. The molecule has 1 aromatic carbocycles. The van der Waals surface area contributed by atoms with Gasteiger partial charge in [-0.3, -0.25) is 4.79 Å². The molecule has 2 aromatic heterocycles. The van der Waals surface area contributed by atoms with Crippen molar-refractivity contribution in [2.75, 3.05) is 5.75 Å². The van der Waals surface area contributed by atoms with Crippen LogP contribution >= 0.6 is 0 Å². The van der Waals surface area contributed by atoms with Crippen LogP contribution in [0.2, 0.25) is 0 Å². The number of furan rings is 2. The number of nitrogens with one attached hydrogen (secondary N) is 1. The lowest BCUT2D eigenvalue weighted by Crippen LogP contribution is -2.25. The van der Waals surface area contributed by atoms with Crippen molar-refractivity contribution in [3.05, 3.63) is 66.8 Å². The van der Waals surface area contributed by atoms with Gasteiger partial charge in [-0.2, -0.15) is 0 Å². The van der Waals surface area contributed by atoms with E-state index in [0.29, 0.717) is 11.5 Å². The van der Waals surface area contributed by atoms with E-state index in [1.165, 1.54) is 12.1 Å². The van der Waals surface area contributed by atoms with Crippen molar-refractivity contribution in [3.63, 3.8) is 0 Å². The van der Waals surface area contributed by atoms with Crippen LogP contribution < -0.4 is 5.32 Å². The van der Waals surface area contributed by atoms with E-state index in [1.807, 2.05) is 0 Å². The number of hydrogen-bond donors (Lipinski definition) is 1. The Morgan fingerprint density at radius 2 is 1.84 bits per heavy atom. The third-order valence-electron chi connectivity index (χ3n) is 3.63. The van der Waals surface area contributed by atoms with E-state index in [2.05, 4.69) is 5.32 Å². The molecule has 25 heavy (non-hydrogen) atoms. The summed E-state index contributed by atoms with van der Waals surface area (Å²) in [5.74, 6) is 0.641. The maximum absolute atomic E-state index is 12.1. The van der Waals surface area contributed by atoms with Gasteiger partial charge in [-0.15, -0.1) is 0 Å². The Kier molecular flexibility index (Phi) is 5.04. The summed E-state index contributed by atoms with van der Waals surface area (Å²) in [5, 5.41) is 2.66. The third kappa shape index (κ3) is 4.39. The second-order valence-electron chi connectivity index (χ2n) is 5.44. The van der Waals surface area contributed by atoms with E-state index in [9.17, 15) is 13.2 Å². The van der Waals surface area contributed by atoms with Crippen molar-refractivity contribution in [3.8, 4) is 11.3 Å². The number of hydrogen-bond acceptors (Lipinski definition) is 5. The average molecular weight is 359 g/mol. The summed E-state index contributed by atoms with van der Waals surface area (Å²) in [6.07, 6.45) is 3.01. The van der Waals surface area contributed by atoms with E-state index in [0.717, 1.165) is 5.56 Å². The molecule has 2 heterocycles. The molecule has 0 aliphatic rings. The largest absolute Gasteiger partial charge is 0.472 e. The molecule has 7 heteroatoms. The SMILES string of the molecule is O=C(CCS(=O)(=O)c1ccccc1)NCc1ccc(-c2ccoc2)o1. The van der Waals surface area contributed by atoms with Gasteiger partial charge in [-0.05, 0) is 30.3 Å². The molecule has 0 aliphatic heterocycles. The van der Waals surface area contributed by atoms with Crippen LogP contribution in [-0.4, -0.2) is 20.1 Å². The van der Waals surface area contributed by atoms with Gasteiger partial charge in [0.05, 0.1) is 29.0 Å². The molecule has 0 spiro atoms. The first-order chi connectivity index (χ1) is 12.0. The minimum atomic E-state index is -3.46. The molecule has 1 N–H and O–H groups in total. The highest BCUT2D eigenvalue weighted by Crippen LogP contribution is 2.22. The van der Waals surface area contributed by atoms with Crippen molar-refractivity contribution in [1.29, 1.82) is 0 Å². The minimum Gasteiger partial charge on any atom is -0.472 e. The van der Waals surface area contributed by atoms with Crippen molar-refractivity contribution < 1.29 is 22.0 Å². The number of sulfone groups is 1. The summed E-state index contributed by atoms with van der Waals surface area (Å²) in [5.41, 5.74) is 0.812. The van der Waals surface area contributed by atoms with Crippen LogP contribution in [0.25, 0.3) is 11.3 Å². The molecule has 0 bridgehead atoms. The zero-order valence-electron chi connectivity index (χ0n) is 13.3. The van der Waals surface area contributed by atoms with Gasteiger partial charge in [0.15, 0.2) is 9.84 Å². The Labute approximate surface area is 145 Å². The van der Waals surface area contributed by atoms with E-state index in [1.54, 1.807) is 48.9 Å². The summed E-state index contributed by atoms with van der Waals surface area (Å²) >= 11 is 0. The Bertz CT molecular complexity index is 927. The Morgan fingerprint density at radius 3 is 2.56 bits per heavy atom. The number of carbonyl (C=O) groups is 1. The molecule has 0 radical (unpaired) electrons. The molecule has 3 aromatic rings. The first-order valence-corrected chi connectivity index (χ1v) is 9.35. The lowest BCUT2D eigenvalue weighted by atomic mass is 10.3. The quantitative estimate of drug-likeness (QED) is 0.700. The van der Waals surface area contributed by atoms with Crippen molar-refractivity contribution >= 4 is 15.7 Å². The zero-order chi connectivity index (χ0) is 17.7. The second-order valence-corrected chi connectivity index (χ2v) is 7.55. The monoisotopic (exact) mass is 359 g/mol. The summed E-state index contributed by atoms with van der Waals surface area (Å²) in [6.45, 7) is 0.196. The van der Waals surface area contributed by atoms with Crippen LogP contribution in [0.15, 0.2) is 74.8 Å². The van der Waals surface area contributed by atoms with Crippen molar-refractivity contribution in [2.24, 2.45) is 0 Å². The molecule has 1 amide bonds. The predicted molar refractivity (Wildman–Crippen MR) is 91.4 cm³/mol. The van der Waals surface area contributed by atoms with Crippen molar-refractivity contribution in [1.82, 2.24) is 5.32 Å². The summed E-state index contributed by atoms with van der Waals surface area (Å²) in [6, 6.07) is 13.4. The molecule has 0 saturated heterocycles. The fraction of sp³-hybridized carbons (Fsp3) is 0.167. The van der Waals surface area contributed by atoms with E-state index < -0.39 is 9.84 Å². The lowest BCUT2D eigenvalue weighted by Gasteiger charge is -2.05. The molecular weight excluding hydrogens is 342 g/mol. The topological polar surface area (TPSA) is 89.5 Å². The summed E-state index contributed by atoms with van der Waals surface area (Å²) in [7, 11) is -3.46. The summed E-state index contributed by atoms with van der Waals surface area (Å²) in [4.78, 5) is 12.1. The fourth-order valence-electron chi connectivity index (χ4n) is 2.28. The van der Waals surface area contributed by atoms with Gasteiger partial charge < -0.3 is 14.2 Å². The standard InChI is InChI=1S/C18H17NO5S/c20-18(9-11-25(21,22)16-4-2-1-3-5-16)19-12-15-6-7-17(24-15)14-8-10-23-13-14/h1-8,10,13H,9,11-12H2,(H,19,20). The van der Waals surface area contributed by atoms with Crippen molar-refractivity contribution in [2.45, 2.75) is 17.9 Å². The van der Waals surface area contributed by atoms with Crippen LogP contribution in [0, 0.1) is 0 Å². The van der Waals surface area contributed by atoms with E-state index in [-0.39, 0.29) is 29.5 Å². The zero-order valence-corrected chi connectivity index (χ0v) is 14.2. The molecule has 3 rings (SSSR count). The molecular formula is C18H17NO5S. The smallest absolute Gasteiger partial charge is 0.221 e. The maximum Gasteiger partial charge on any atom is 0.221 e. The first-order valence-electron chi connectivity index (χ1n) is 7.70. The maximum atomic E-state index is 12.1.